The summed E-state index contributed by atoms with van der Waals surface area (Å²) in [6, 6.07) is 2.04. The van der Waals surface area contributed by atoms with Crippen LogP contribution in [0.5, 0.6) is 0 Å². The van der Waals surface area contributed by atoms with Gasteiger partial charge in [-0.2, -0.15) is 0 Å². The molecule has 1 saturated heterocycles. The Morgan fingerprint density at radius 3 is 2.73 bits per heavy atom. The van der Waals surface area contributed by atoms with Crippen molar-refractivity contribution in [1.29, 1.82) is 0 Å². The number of anilines is 2. The number of aromatic nitrogens is 2. The molecule has 1 aliphatic heterocycles. The number of hydrogen-bond donors (Lipinski definition) is 2. The highest BCUT2D eigenvalue weighted by Crippen LogP contribution is 2.25. The molecule has 1 aliphatic rings. The molecule has 26 heavy (non-hydrogen) atoms. The molecule has 6 heteroatoms. The Hall–Kier alpha value is -1.85. The van der Waals surface area contributed by atoms with Crippen LogP contribution >= 0.6 is 0 Å². The quantitative estimate of drug-likeness (QED) is 0.668. The van der Waals surface area contributed by atoms with Crippen LogP contribution in [0.2, 0.25) is 0 Å². The molecule has 0 saturated carbocycles. The third-order valence-corrected chi connectivity index (χ3v) is 4.97. The molecule has 0 radical (unpaired) electrons. The molecule has 146 valence electrons. The van der Waals surface area contributed by atoms with Gasteiger partial charge in [0.15, 0.2) is 0 Å². The van der Waals surface area contributed by atoms with Gasteiger partial charge < -0.3 is 15.5 Å². The third kappa shape index (κ3) is 7.18. The maximum atomic E-state index is 11.9. The van der Waals surface area contributed by atoms with Crippen LogP contribution in [-0.4, -0.2) is 42.1 Å². The Balaban J connectivity index is 1.69. The number of rotatable bonds is 10. The van der Waals surface area contributed by atoms with Crippen LogP contribution in [0.15, 0.2) is 12.4 Å². The van der Waals surface area contributed by atoms with Crippen LogP contribution in [0.3, 0.4) is 0 Å². The zero-order chi connectivity index (χ0) is 18.8. The van der Waals surface area contributed by atoms with E-state index in [2.05, 4.69) is 46.3 Å². The Labute approximate surface area is 158 Å². The summed E-state index contributed by atoms with van der Waals surface area (Å²) in [5.74, 6) is 3.39. The molecule has 0 bridgehead atoms. The number of piperidine rings is 1. The molecule has 6 nitrogen and oxygen atoms in total. The summed E-state index contributed by atoms with van der Waals surface area (Å²) in [4.78, 5) is 23.0. The largest absolute Gasteiger partial charge is 0.370 e. The molecular weight excluding hydrogens is 326 g/mol. The first-order valence-corrected chi connectivity index (χ1v) is 10.2. The smallest absolute Gasteiger partial charge is 0.220 e. The van der Waals surface area contributed by atoms with Crippen molar-refractivity contribution < 1.29 is 4.79 Å². The van der Waals surface area contributed by atoms with Crippen LogP contribution in [0.4, 0.5) is 11.6 Å². The number of nitrogens with zero attached hydrogens (tertiary/aromatic N) is 3. The van der Waals surface area contributed by atoms with Crippen molar-refractivity contribution in [3.63, 3.8) is 0 Å². The lowest BCUT2D eigenvalue weighted by molar-refractivity contribution is -0.121. The number of hydrogen-bond acceptors (Lipinski definition) is 5. The molecule has 0 aliphatic carbocycles. The highest BCUT2D eigenvalue weighted by Gasteiger charge is 2.21. The second kappa shape index (κ2) is 11.0. The predicted octanol–water partition coefficient (Wildman–Crippen LogP) is 3.46. The van der Waals surface area contributed by atoms with E-state index in [9.17, 15) is 4.79 Å². The molecule has 1 aromatic heterocycles. The summed E-state index contributed by atoms with van der Waals surface area (Å²) < 4.78 is 0. The van der Waals surface area contributed by atoms with Crippen molar-refractivity contribution in [1.82, 2.24) is 15.3 Å². The van der Waals surface area contributed by atoms with E-state index < -0.39 is 0 Å². The van der Waals surface area contributed by atoms with Crippen LogP contribution < -0.4 is 15.5 Å². The zero-order valence-electron chi connectivity index (χ0n) is 16.6. The number of nitrogens with one attached hydrogen (secondary N) is 2. The Kier molecular flexibility index (Phi) is 8.65. The molecule has 1 fully saturated rings. The van der Waals surface area contributed by atoms with Gasteiger partial charge in [-0.05, 0) is 43.9 Å². The van der Waals surface area contributed by atoms with E-state index in [0.717, 1.165) is 69.9 Å². The summed E-state index contributed by atoms with van der Waals surface area (Å²) in [7, 11) is 0. The van der Waals surface area contributed by atoms with E-state index in [-0.39, 0.29) is 5.91 Å². The van der Waals surface area contributed by atoms with Gasteiger partial charge in [0.25, 0.3) is 0 Å². The topological polar surface area (TPSA) is 70.2 Å². The monoisotopic (exact) mass is 361 g/mol. The fourth-order valence-corrected chi connectivity index (χ4v) is 3.24. The number of carbonyl (C=O) groups is 1. The molecule has 0 aromatic carbocycles. The van der Waals surface area contributed by atoms with Gasteiger partial charge >= 0.3 is 0 Å². The van der Waals surface area contributed by atoms with Crippen molar-refractivity contribution in [2.75, 3.05) is 36.4 Å². The summed E-state index contributed by atoms with van der Waals surface area (Å²) in [5, 5.41) is 6.35. The molecule has 2 heterocycles. The van der Waals surface area contributed by atoms with Gasteiger partial charge in [-0.3, -0.25) is 4.79 Å². The minimum absolute atomic E-state index is 0.204. The first-order valence-electron chi connectivity index (χ1n) is 10.2. The average Bonchev–Trinajstić information content (AvgIpc) is 2.65. The minimum atomic E-state index is 0.204. The van der Waals surface area contributed by atoms with Gasteiger partial charge in [-0.15, -0.1) is 0 Å². The highest BCUT2D eigenvalue weighted by atomic mass is 16.1. The molecular formula is C20H35N5O. The fourth-order valence-electron chi connectivity index (χ4n) is 3.24. The summed E-state index contributed by atoms with van der Waals surface area (Å²) in [6.07, 6.45) is 7.67. The lowest BCUT2D eigenvalue weighted by atomic mass is 9.92. The fraction of sp³-hybridized carbons (Fsp3) is 0.750. The van der Waals surface area contributed by atoms with Crippen LogP contribution in [0, 0.1) is 11.8 Å². The van der Waals surface area contributed by atoms with Crippen molar-refractivity contribution in [3.05, 3.63) is 12.4 Å². The summed E-state index contributed by atoms with van der Waals surface area (Å²) >= 11 is 0. The van der Waals surface area contributed by atoms with E-state index in [1.165, 1.54) is 0 Å². The lowest BCUT2D eigenvalue weighted by Gasteiger charge is -2.32. The highest BCUT2D eigenvalue weighted by molar-refractivity contribution is 5.75. The first kappa shape index (κ1) is 20.5. The molecule has 2 rings (SSSR count). The first-order chi connectivity index (χ1) is 12.6. The average molecular weight is 362 g/mol. The molecule has 0 atom stereocenters. The van der Waals surface area contributed by atoms with Crippen molar-refractivity contribution in [3.8, 4) is 0 Å². The lowest BCUT2D eigenvalue weighted by Crippen LogP contribution is -2.35. The summed E-state index contributed by atoms with van der Waals surface area (Å²) in [6.45, 7) is 10.2. The normalized spacial score (nSPS) is 15.3. The molecule has 1 aromatic rings. The van der Waals surface area contributed by atoms with Gasteiger partial charge in [0, 0.05) is 38.7 Å². The van der Waals surface area contributed by atoms with E-state index in [4.69, 9.17) is 0 Å². The van der Waals surface area contributed by atoms with E-state index >= 15 is 0 Å². The van der Waals surface area contributed by atoms with Gasteiger partial charge in [0.05, 0.1) is 0 Å². The summed E-state index contributed by atoms with van der Waals surface area (Å²) in [5.41, 5.74) is 0. The maximum absolute atomic E-state index is 11.9. The third-order valence-electron chi connectivity index (χ3n) is 4.97. The Bertz CT molecular complexity index is 541. The standard InChI is InChI=1S/C20H35N5O/c1-4-10-21-18-14-19(24-15-23-18)25-12-8-17(9-13-25)5-6-20(26)22-11-7-16(2)3/h14-17H,4-13H2,1-3H3,(H,22,26)(H,21,23,24). The minimum Gasteiger partial charge on any atom is -0.370 e. The van der Waals surface area contributed by atoms with Crippen molar-refractivity contribution in [2.24, 2.45) is 11.8 Å². The van der Waals surface area contributed by atoms with Gasteiger partial charge in [-0.1, -0.05) is 20.8 Å². The second-order valence-corrected chi connectivity index (χ2v) is 7.69. The van der Waals surface area contributed by atoms with Crippen molar-refractivity contribution >= 4 is 17.5 Å². The number of carbonyl (C=O) groups excluding carboxylic acids is 1. The Morgan fingerprint density at radius 2 is 2.04 bits per heavy atom. The molecule has 0 unspecified atom stereocenters. The number of amides is 1. The molecule has 2 N–H and O–H groups in total. The van der Waals surface area contributed by atoms with Crippen LogP contribution in [0.1, 0.15) is 59.3 Å². The van der Waals surface area contributed by atoms with E-state index in [1.807, 2.05) is 6.07 Å². The Morgan fingerprint density at radius 1 is 1.27 bits per heavy atom. The second-order valence-electron chi connectivity index (χ2n) is 7.69. The molecule has 1 amide bonds. The maximum Gasteiger partial charge on any atom is 0.220 e. The van der Waals surface area contributed by atoms with Gasteiger partial charge in [0.2, 0.25) is 5.91 Å². The van der Waals surface area contributed by atoms with E-state index in [1.54, 1.807) is 6.33 Å². The van der Waals surface area contributed by atoms with Crippen LogP contribution in [0.25, 0.3) is 0 Å². The van der Waals surface area contributed by atoms with Crippen molar-refractivity contribution in [2.45, 2.75) is 59.3 Å². The van der Waals surface area contributed by atoms with E-state index in [0.29, 0.717) is 18.3 Å². The van der Waals surface area contributed by atoms with Crippen LogP contribution in [-0.2, 0) is 4.79 Å². The van der Waals surface area contributed by atoms with Gasteiger partial charge in [-0.25, -0.2) is 9.97 Å². The van der Waals surface area contributed by atoms with Gasteiger partial charge in [0.1, 0.15) is 18.0 Å². The predicted molar refractivity (Wildman–Crippen MR) is 107 cm³/mol. The SMILES string of the molecule is CCCNc1cc(N2CCC(CCC(=O)NCCC(C)C)CC2)ncn1. The zero-order valence-corrected chi connectivity index (χ0v) is 16.6. The molecule has 0 spiro atoms.